The minimum absolute atomic E-state index is 0.0413. The Morgan fingerprint density at radius 1 is 1.14 bits per heavy atom. The molecular formula is C24H30Cl2N4O5S. The molecule has 3 N–H and O–H groups in total. The highest BCUT2D eigenvalue weighted by atomic mass is 35.5. The molecule has 0 spiro atoms. The van der Waals surface area contributed by atoms with Crippen LogP contribution in [0.25, 0.3) is 0 Å². The van der Waals surface area contributed by atoms with Gasteiger partial charge in [0.1, 0.15) is 21.6 Å². The van der Waals surface area contributed by atoms with E-state index in [0.29, 0.717) is 34.6 Å². The van der Waals surface area contributed by atoms with Gasteiger partial charge in [0.15, 0.2) is 0 Å². The quantitative estimate of drug-likeness (QED) is 0.413. The summed E-state index contributed by atoms with van der Waals surface area (Å²) in [5.41, 5.74) is 1.52. The van der Waals surface area contributed by atoms with Gasteiger partial charge in [-0.3, -0.25) is 9.69 Å². The van der Waals surface area contributed by atoms with Gasteiger partial charge in [0.2, 0.25) is 5.91 Å². The zero-order valence-electron chi connectivity index (χ0n) is 20.1. The number of methoxy groups -OCH3 is 1. The number of hydrogen-bond donors (Lipinski definition) is 3. The lowest BCUT2D eigenvalue weighted by molar-refractivity contribution is -0.123. The van der Waals surface area contributed by atoms with Crippen LogP contribution in [0.1, 0.15) is 18.4 Å². The number of urea groups is 1. The smallest absolute Gasteiger partial charge is 0.319 e. The standard InChI is InChI=1S/C24H30Cl2N4O5S/c1-35-19-6-4-17(5-7-19)28-24(32)29-22(10-12-36(2,33)34)23(31)27-18-9-11-30(15-18)14-16-3-8-20(25)21(26)13-16/h3-8,13,18,22H,9-12,14-15H2,1-2H3,(H,27,31)(H2,28,29,32)/t18-,22+/m1/s1. The van der Waals surface area contributed by atoms with Crippen LogP contribution in [0.3, 0.4) is 0 Å². The number of carbonyl (C=O) groups is 2. The molecule has 196 valence electrons. The Bertz CT molecular complexity index is 1180. The summed E-state index contributed by atoms with van der Waals surface area (Å²) in [6.45, 7) is 2.04. The van der Waals surface area contributed by atoms with Crippen molar-refractivity contribution < 1.29 is 22.7 Å². The number of ether oxygens (including phenoxy) is 1. The van der Waals surface area contributed by atoms with E-state index in [1.807, 2.05) is 12.1 Å². The van der Waals surface area contributed by atoms with Gasteiger partial charge in [-0.15, -0.1) is 0 Å². The minimum atomic E-state index is -3.33. The van der Waals surface area contributed by atoms with Crippen molar-refractivity contribution in [3.8, 4) is 5.75 Å². The number of likely N-dealkylation sites (tertiary alicyclic amines) is 1. The van der Waals surface area contributed by atoms with Crippen LogP contribution in [0.2, 0.25) is 10.0 Å². The molecule has 1 saturated heterocycles. The molecule has 3 amide bonds. The van der Waals surface area contributed by atoms with Gasteiger partial charge in [-0.1, -0.05) is 29.3 Å². The average molecular weight is 558 g/mol. The molecule has 2 aromatic rings. The predicted octanol–water partition coefficient (Wildman–Crippen LogP) is 3.32. The first-order chi connectivity index (χ1) is 17.0. The third-order valence-electron chi connectivity index (χ3n) is 5.76. The SMILES string of the molecule is COc1ccc(NC(=O)N[C@@H](CCS(C)(=O)=O)C(=O)N[C@@H]2CCN(Cc3ccc(Cl)c(Cl)c3)C2)cc1. The minimum Gasteiger partial charge on any atom is -0.497 e. The van der Waals surface area contributed by atoms with Crippen molar-refractivity contribution in [2.24, 2.45) is 0 Å². The van der Waals surface area contributed by atoms with E-state index in [1.165, 1.54) is 7.11 Å². The molecule has 0 aromatic heterocycles. The van der Waals surface area contributed by atoms with E-state index in [-0.39, 0.29) is 18.2 Å². The van der Waals surface area contributed by atoms with Crippen LogP contribution in [-0.4, -0.2) is 69.5 Å². The van der Waals surface area contributed by atoms with Gasteiger partial charge >= 0.3 is 6.03 Å². The maximum atomic E-state index is 13.0. The molecule has 2 atom stereocenters. The molecule has 36 heavy (non-hydrogen) atoms. The second-order valence-corrected chi connectivity index (χ2v) is 11.9. The Hall–Kier alpha value is -2.53. The highest BCUT2D eigenvalue weighted by Gasteiger charge is 2.28. The fraction of sp³-hybridized carbons (Fsp3) is 0.417. The molecule has 12 heteroatoms. The van der Waals surface area contributed by atoms with Crippen LogP contribution in [-0.2, 0) is 21.2 Å². The molecule has 0 saturated carbocycles. The van der Waals surface area contributed by atoms with Crippen molar-refractivity contribution in [3.63, 3.8) is 0 Å². The summed E-state index contributed by atoms with van der Waals surface area (Å²) < 4.78 is 28.5. The summed E-state index contributed by atoms with van der Waals surface area (Å²) in [4.78, 5) is 27.7. The summed E-state index contributed by atoms with van der Waals surface area (Å²) >= 11 is 12.1. The molecule has 0 unspecified atom stereocenters. The fourth-order valence-corrected chi connectivity index (χ4v) is 4.88. The Morgan fingerprint density at radius 2 is 1.86 bits per heavy atom. The highest BCUT2D eigenvalue weighted by molar-refractivity contribution is 7.90. The number of anilines is 1. The Kier molecular flexibility index (Phi) is 9.84. The highest BCUT2D eigenvalue weighted by Crippen LogP contribution is 2.24. The number of sulfone groups is 1. The number of halogens is 2. The van der Waals surface area contributed by atoms with Crippen molar-refractivity contribution in [2.45, 2.75) is 31.5 Å². The molecule has 9 nitrogen and oxygen atoms in total. The maximum absolute atomic E-state index is 13.0. The molecule has 1 aliphatic heterocycles. The lowest BCUT2D eigenvalue weighted by atomic mass is 10.2. The average Bonchev–Trinajstić information content (AvgIpc) is 3.25. The third-order valence-corrected chi connectivity index (χ3v) is 7.47. The van der Waals surface area contributed by atoms with Crippen LogP contribution in [0.4, 0.5) is 10.5 Å². The van der Waals surface area contributed by atoms with E-state index in [2.05, 4.69) is 20.9 Å². The molecule has 3 rings (SSSR count). The second kappa shape index (κ2) is 12.6. The van der Waals surface area contributed by atoms with E-state index in [4.69, 9.17) is 27.9 Å². The molecule has 0 bridgehead atoms. The lowest BCUT2D eigenvalue weighted by Crippen LogP contribution is -2.51. The van der Waals surface area contributed by atoms with Crippen LogP contribution < -0.4 is 20.7 Å². The normalized spacial score (nSPS) is 16.8. The van der Waals surface area contributed by atoms with Crippen LogP contribution in [0.15, 0.2) is 42.5 Å². The lowest BCUT2D eigenvalue weighted by Gasteiger charge is -2.22. The van der Waals surface area contributed by atoms with Crippen LogP contribution >= 0.6 is 23.2 Å². The number of carbonyl (C=O) groups excluding carboxylic acids is 2. The number of amides is 3. The topological polar surface area (TPSA) is 117 Å². The molecule has 2 aromatic carbocycles. The number of hydrogen-bond acceptors (Lipinski definition) is 6. The van der Waals surface area contributed by atoms with Gasteiger partial charge < -0.3 is 20.7 Å². The molecule has 1 heterocycles. The van der Waals surface area contributed by atoms with Gasteiger partial charge in [0, 0.05) is 37.6 Å². The van der Waals surface area contributed by atoms with Crippen molar-refractivity contribution in [1.82, 2.24) is 15.5 Å². The van der Waals surface area contributed by atoms with Crippen molar-refractivity contribution in [2.75, 3.05) is 37.5 Å². The van der Waals surface area contributed by atoms with Gasteiger partial charge in [-0.05, 0) is 54.8 Å². The van der Waals surface area contributed by atoms with Gasteiger partial charge in [-0.2, -0.15) is 0 Å². The summed E-state index contributed by atoms with van der Waals surface area (Å²) in [6.07, 6.45) is 1.78. The Balaban J connectivity index is 1.57. The van der Waals surface area contributed by atoms with E-state index in [1.54, 1.807) is 30.3 Å². The van der Waals surface area contributed by atoms with Gasteiger partial charge in [-0.25, -0.2) is 13.2 Å². The number of rotatable bonds is 10. The summed E-state index contributed by atoms with van der Waals surface area (Å²) in [5, 5.41) is 9.19. The first-order valence-corrected chi connectivity index (χ1v) is 14.2. The summed E-state index contributed by atoms with van der Waals surface area (Å²) in [7, 11) is -1.79. The second-order valence-electron chi connectivity index (χ2n) is 8.78. The summed E-state index contributed by atoms with van der Waals surface area (Å²) in [5.74, 6) is -0.0248. The van der Waals surface area contributed by atoms with Gasteiger partial charge in [0.05, 0.1) is 22.9 Å². The van der Waals surface area contributed by atoms with Gasteiger partial charge in [0.25, 0.3) is 0 Å². The van der Waals surface area contributed by atoms with Crippen molar-refractivity contribution >= 4 is 50.7 Å². The van der Waals surface area contributed by atoms with E-state index < -0.39 is 27.8 Å². The molecular weight excluding hydrogens is 527 g/mol. The Morgan fingerprint density at radius 3 is 2.50 bits per heavy atom. The number of nitrogens with one attached hydrogen (secondary N) is 3. The van der Waals surface area contributed by atoms with Crippen LogP contribution in [0.5, 0.6) is 5.75 Å². The third kappa shape index (κ3) is 8.85. The van der Waals surface area contributed by atoms with E-state index in [9.17, 15) is 18.0 Å². The molecule has 1 aliphatic rings. The van der Waals surface area contributed by atoms with Crippen LogP contribution in [0, 0.1) is 0 Å². The molecule has 1 fully saturated rings. The largest absolute Gasteiger partial charge is 0.497 e. The first kappa shape index (κ1) is 28.0. The Labute approximate surface area is 221 Å². The zero-order chi connectivity index (χ0) is 26.3. The maximum Gasteiger partial charge on any atom is 0.319 e. The number of nitrogens with zero attached hydrogens (tertiary/aromatic N) is 1. The van der Waals surface area contributed by atoms with Crippen molar-refractivity contribution in [1.29, 1.82) is 0 Å². The predicted molar refractivity (Wildman–Crippen MR) is 142 cm³/mol. The zero-order valence-corrected chi connectivity index (χ0v) is 22.4. The monoisotopic (exact) mass is 556 g/mol. The van der Waals surface area contributed by atoms with E-state index in [0.717, 1.165) is 24.8 Å². The van der Waals surface area contributed by atoms with Crippen molar-refractivity contribution in [3.05, 3.63) is 58.1 Å². The summed E-state index contributed by atoms with van der Waals surface area (Å²) in [6, 6.07) is 10.4. The molecule has 0 aliphatic carbocycles. The first-order valence-electron chi connectivity index (χ1n) is 11.4. The van der Waals surface area contributed by atoms with E-state index >= 15 is 0 Å². The fourth-order valence-electron chi connectivity index (χ4n) is 3.89. The number of benzene rings is 2. The molecule has 0 radical (unpaired) electrons.